The van der Waals surface area contributed by atoms with E-state index < -0.39 is 0 Å². The average Bonchev–Trinajstić information content (AvgIpc) is 2.78. The van der Waals surface area contributed by atoms with Crippen molar-refractivity contribution in [3.8, 4) is 5.75 Å². The maximum absolute atomic E-state index is 12.1. The maximum atomic E-state index is 12.1. The fourth-order valence-corrected chi connectivity index (χ4v) is 2.51. The zero-order valence-corrected chi connectivity index (χ0v) is 14.5. The van der Waals surface area contributed by atoms with Crippen molar-refractivity contribution in [1.82, 2.24) is 15.1 Å². The Morgan fingerprint density at radius 1 is 1.30 bits per heavy atom. The molecule has 0 spiro atoms. The standard InChI is InChI=1S/C18H25N3O2/c1-6-15-7-9-16(10-8-15)12(2)19-17(22)11-23-18-13(3)20-21(5)14(18)4/h7-10,12H,6,11H2,1-5H3,(H,19,22). The molecule has 0 aliphatic rings. The molecular weight excluding hydrogens is 290 g/mol. The van der Waals surface area contributed by atoms with Crippen LogP contribution >= 0.6 is 0 Å². The van der Waals surface area contributed by atoms with E-state index in [1.807, 2.05) is 27.8 Å². The fraction of sp³-hybridized carbons (Fsp3) is 0.444. The minimum Gasteiger partial charge on any atom is -0.480 e. The Kier molecular flexibility index (Phi) is 5.42. The van der Waals surface area contributed by atoms with Gasteiger partial charge < -0.3 is 10.1 Å². The van der Waals surface area contributed by atoms with Gasteiger partial charge in [-0.3, -0.25) is 9.48 Å². The van der Waals surface area contributed by atoms with Gasteiger partial charge in [0, 0.05) is 7.05 Å². The predicted octanol–water partition coefficient (Wildman–Crippen LogP) is 2.86. The van der Waals surface area contributed by atoms with Gasteiger partial charge in [0.1, 0.15) is 5.69 Å². The monoisotopic (exact) mass is 315 g/mol. The Labute approximate surface area is 137 Å². The molecule has 0 saturated carbocycles. The molecule has 1 aromatic carbocycles. The number of hydrogen-bond acceptors (Lipinski definition) is 3. The van der Waals surface area contributed by atoms with Crippen molar-refractivity contribution in [2.24, 2.45) is 7.05 Å². The van der Waals surface area contributed by atoms with Crippen LogP contribution in [0, 0.1) is 13.8 Å². The highest BCUT2D eigenvalue weighted by Crippen LogP contribution is 2.21. The highest BCUT2D eigenvalue weighted by atomic mass is 16.5. The summed E-state index contributed by atoms with van der Waals surface area (Å²) in [5, 5.41) is 7.23. The number of rotatable bonds is 6. The molecular formula is C18H25N3O2. The Morgan fingerprint density at radius 3 is 2.48 bits per heavy atom. The van der Waals surface area contributed by atoms with Crippen LogP contribution in [0.15, 0.2) is 24.3 Å². The van der Waals surface area contributed by atoms with E-state index in [0.29, 0.717) is 5.75 Å². The van der Waals surface area contributed by atoms with Gasteiger partial charge in [0.2, 0.25) is 0 Å². The Hall–Kier alpha value is -2.30. The molecule has 5 heteroatoms. The van der Waals surface area contributed by atoms with Gasteiger partial charge >= 0.3 is 0 Å². The lowest BCUT2D eigenvalue weighted by Crippen LogP contribution is -2.31. The number of ether oxygens (including phenoxy) is 1. The molecule has 1 N–H and O–H groups in total. The minimum absolute atomic E-state index is 0.00917. The van der Waals surface area contributed by atoms with Crippen molar-refractivity contribution in [3.05, 3.63) is 46.8 Å². The van der Waals surface area contributed by atoms with Crippen molar-refractivity contribution in [2.75, 3.05) is 6.61 Å². The molecule has 0 saturated heterocycles. The third kappa shape index (κ3) is 4.12. The third-order valence-corrected chi connectivity index (χ3v) is 4.06. The van der Waals surface area contributed by atoms with Gasteiger partial charge in [-0.05, 0) is 38.3 Å². The van der Waals surface area contributed by atoms with Crippen molar-refractivity contribution in [2.45, 2.75) is 40.2 Å². The van der Waals surface area contributed by atoms with Crippen LogP contribution in [0.5, 0.6) is 5.75 Å². The van der Waals surface area contributed by atoms with Crippen LogP contribution in [-0.2, 0) is 18.3 Å². The average molecular weight is 315 g/mol. The van der Waals surface area contributed by atoms with E-state index in [0.717, 1.165) is 23.4 Å². The molecule has 1 unspecified atom stereocenters. The topological polar surface area (TPSA) is 56.1 Å². The normalized spacial score (nSPS) is 12.0. The second-order valence-corrected chi connectivity index (χ2v) is 5.80. The molecule has 5 nitrogen and oxygen atoms in total. The van der Waals surface area contributed by atoms with Crippen molar-refractivity contribution < 1.29 is 9.53 Å². The Morgan fingerprint density at radius 2 is 1.96 bits per heavy atom. The number of benzene rings is 1. The van der Waals surface area contributed by atoms with Crippen LogP contribution in [0.3, 0.4) is 0 Å². The third-order valence-electron chi connectivity index (χ3n) is 4.06. The van der Waals surface area contributed by atoms with Gasteiger partial charge in [0.05, 0.1) is 11.7 Å². The summed E-state index contributed by atoms with van der Waals surface area (Å²) < 4.78 is 7.38. The summed E-state index contributed by atoms with van der Waals surface area (Å²) in [7, 11) is 1.86. The van der Waals surface area contributed by atoms with Gasteiger partial charge in [-0.15, -0.1) is 0 Å². The molecule has 124 valence electrons. The van der Waals surface area contributed by atoms with E-state index >= 15 is 0 Å². The summed E-state index contributed by atoms with van der Waals surface area (Å²) in [6.07, 6.45) is 1.01. The van der Waals surface area contributed by atoms with E-state index in [2.05, 4.69) is 41.6 Å². The lowest BCUT2D eigenvalue weighted by atomic mass is 10.1. The van der Waals surface area contributed by atoms with E-state index in [1.165, 1.54) is 5.56 Å². The first-order valence-electron chi connectivity index (χ1n) is 7.93. The summed E-state index contributed by atoms with van der Waals surface area (Å²) >= 11 is 0. The molecule has 2 rings (SSSR count). The number of carbonyl (C=O) groups excluding carboxylic acids is 1. The number of nitrogens with one attached hydrogen (secondary N) is 1. The van der Waals surface area contributed by atoms with Gasteiger partial charge in [0.15, 0.2) is 12.4 Å². The fourth-order valence-electron chi connectivity index (χ4n) is 2.51. The SMILES string of the molecule is CCc1ccc(C(C)NC(=O)COc2c(C)nn(C)c2C)cc1. The van der Waals surface area contributed by atoms with Crippen LogP contribution in [-0.4, -0.2) is 22.3 Å². The summed E-state index contributed by atoms with van der Waals surface area (Å²) in [4.78, 5) is 12.1. The summed E-state index contributed by atoms with van der Waals surface area (Å²) in [5.41, 5.74) is 4.09. The maximum Gasteiger partial charge on any atom is 0.258 e. The van der Waals surface area contributed by atoms with Gasteiger partial charge in [-0.1, -0.05) is 31.2 Å². The number of hydrogen-bond donors (Lipinski definition) is 1. The highest BCUT2D eigenvalue weighted by Gasteiger charge is 2.14. The first-order valence-corrected chi connectivity index (χ1v) is 7.93. The van der Waals surface area contributed by atoms with Crippen LogP contribution in [0.2, 0.25) is 0 Å². The summed E-state index contributed by atoms with van der Waals surface area (Å²) in [5.74, 6) is 0.544. The van der Waals surface area contributed by atoms with Crippen molar-refractivity contribution in [1.29, 1.82) is 0 Å². The molecule has 1 amide bonds. The molecule has 0 fully saturated rings. The minimum atomic E-state index is -0.139. The molecule has 0 bridgehead atoms. The summed E-state index contributed by atoms with van der Waals surface area (Å²) in [6, 6.07) is 8.25. The second-order valence-electron chi connectivity index (χ2n) is 5.80. The molecule has 1 aromatic heterocycles. The first-order chi connectivity index (χ1) is 10.9. The van der Waals surface area contributed by atoms with Gasteiger partial charge in [-0.2, -0.15) is 5.10 Å². The number of nitrogens with zero attached hydrogens (tertiary/aromatic N) is 2. The van der Waals surface area contributed by atoms with Crippen LogP contribution in [0.25, 0.3) is 0 Å². The molecule has 1 heterocycles. The first kappa shape index (κ1) is 17.1. The summed E-state index contributed by atoms with van der Waals surface area (Å²) in [6.45, 7) is 7.88. The van der Waals surface area contributed by atoms with Crippen molar-refractivity contribution in [3.63, 3.8) is 0 Å². The van der Waals surface area contributed by atoms with E-state index in [1.54, 1.807) is 4.68 Å². The van der Waals surface area contributed by atoms with Crippen LogP contribution < -0.4 is 10.1 Å². The van der Waals surface area contributed by atoms with Gasteiger partial charge in [0.25, 0.3) is 5.91 Å². The van der Waals surface area contributed by atoms with Crippen molar-refractivity contribution >= 4 is 5.91 Å². The molecule has 0 aliphatic heterocycles. The molecule has 23 heavy (non-hydrogen) atoms. The van der Waals surface area contributed by atoms with E-state index in [-0.39, 0.29) is 18.6 Å². The van der Waals surface area contributed by atoms with Crippen LogP contribution in [0.1, 0.15) is 42.4 Å². The largest absolute Gasteiger partial charge is 0.480 e. The number of amides is 1. The Bertz CT molecular complexity index is 674. The highest BCUT2D eigenvalue weighted by molar-refractivity contribution is 5.78. The second kappa shape index (κ2) is 7.31. The zero-order valence-electron chi connectivity index (χ0n) is 14.5. The molecule has 1 atom stereocenters. The zero-order chi connectivity index (χ0) is 17.0. The number of aromatic nitrogens is 2. The van der Waals surface area contributed by atoms with Crippen LogP contribution in [0.4, 0.5) is 0 Å². The predicted molar refractivity (Wildman–Crippen MR) is 90.6 cm³/mol. The molecule has 2 aromatic rings. The number of carbonyl (C=O) groups is 1. The quantitative estimate of drug-likeness (QED) is 0.892. The number of aryl methyl sites for hydroxylation is 3. The lowest BCUT2D eigenvalue weighted by Gasteiger charge is -2.15. The molecule has 0 aliphatic carbocycles. The Balaban J connectivity index is 1.91. The lowest BCUT2D eigenvalue weighted by molar-refractivity contribution is -0.123. The smallest absolute Gasteiger partial charge is 0.258 e. The van der Waals surface area contributed by atoms with E-state index in [4.69, 9.17) is 4.74 Å². The van der Waals surface area contributed by atoms with E-state index in [9.17, 15) is 4.79 Å². The molecule has 0 radical (unpaired) electrons. The van der Waals surface area contributed by atoms with Gasteiger partial charge in [-0.25, -0.2) is 0 Å².